The average molecular weight is 348 g/mol. The lowest BCUT2D eigenvalue weighted by molar-refractivity contribution is -0.385. The van der Waals surface area contributed by atoms with Crippen molar-refractivity contribution >= 4 is 24.0 Å². The number of carbonyl (C=O) groups is 1. The number of nitro groups is 1. The van der Waals surface area contributed by atoms with E-state index in [0.29, 0.717) is 13.2 Å². The van der Waals surface area contributed by atoms with E-state index in [1.165, 1.54) is 6.92 Å². The van der Waals surface area contributed by atoms with Gasteiger partial charge in [-0.1, -0.05) is 0 Å². The fraction of sp³-hybridized carbons (Fsp3) is 0.692. The predicted molar refractivity (Wildman–Crippen MR) is 86.0 cm³/mol. The van der Waals surface area contributed by atoms with Crippen molar-refractivity contribution in [2.75, 3.05) is 33.4 Å². The van der Waals surface area contributed by atoms with E-state index >= 15 is 0 Å². The molecule has 23 heavy (non-hydrogen) atoms. The number of rotatable bonds is 6. The second-order valence-electron chi connectivity index (χ2n) is 5.67. The van der Waals surface area contributed by atoms with Crippen LogP contribution in [0.4, 0.5) is 5.69 Å². The van der Waals surface area contributed by atoms with Gasteiger partial charge in [0, 0.05) is 19.1 Å². The first kappa shape index (κ1) is 19.3. The van der Waals surface area contributed by atoms with Gasteiger partial charge in [0.05, 0.1) is 11.5 Å². The first-order chi connectivity index (χ1) is 10.5. The molecule has 0 aliphatic carbocycles. The van der Waals surface area contributed by atoms with Gasteiger partial charge in [0.15, 0.2) is 0 Å². The van der Waals surface area contributed by atoms with Crippen LogP contribution >= 0.6 is 12.4 Å². The zero-order valence-electron chi connectivity index (χ0n) is 13.2. The number of aryl methyl sites for hydroxylation is 1. The number of amides is 1. The van der Waals surface area contributed by atoms with Gasteiger partial charge in [-0.2, -0.15) is 5.10 Å². The van der Waals surface area contributed by atoms with Gasteiger partial charge in [-0.25, -0.2) is 0 Å². The van der Waals surface area contributed by atoms with Gasteiger partial charge >= 0.3 is 5.69 Å². The molecule has 1 aromatic heterocycles. The number of H-pyrrole nitrogens is 1. The normalized spacial score (nSPS) is 16.4. The fourth-order valence-electron chi connectivity index (χ4n) is 2.79. The van der Waals surface area contributed by atoms with Crippen molar-refractivity contribution in [2.24, 2.45) is 5.41 Å². The molecule has 1 aromatic rings. The number of piperidine rings is 1. The largest absolute Gasteiger partial charge is 0.384 e. The van der Waals surface area contributed by atoms with E-state index in [-0.39, 0.29) is 34.9 Å². The monoisotopic (exact) mass is 347 g/mol. The highest BCUT2D eigenvalue weighted by molar-refractivity contribution is 5.96. The Morgan fingerprint density at radius 2 is 2.13 bits per heavy atom. The minimum Gasteiger partial charge on any atom is -0.384 e. The summed E-state index contributed by atoms with van der Waals surface area (Å²) in [7, 11) is 1.63. The number of nitrogens with one attached hydrogen (secondary N) is 3. The number of methoxy groups -OCH3 is 1. The number of halogens is 1. The first-order valence-corrected chi connectivity index (χ1v) is 7.16. The molecule has 0 radical (unpaired) electrons. The number of aromatic nitrogens is 2. The summed E-state index contributed by atoms with van der Waals surface area (Å²) in [4.78, 5) is 22.6. The molecule has 1 fully saturated rings. The molecule has 10 heteroatoms. The van der Waals surface area contributed by atoms with E-state index in [2.05, 4.69) is 20.8 Å². The minimum atomic E-state index is -0.594. The van der Waals surface area contributed by atoms with Crippen molar-refractivity contribution in [1.29, 1.82) is 0 Å². The van der Waals surface area contributed by atoms with Crippen LogP contribution in [0, 0.1) is 22.5 Å². The van der Waals surface area contributed by atoms with Crippen molar-refractivity contribution in [3.63, 3.8) is 0 Å². The van der Waals surface area contributed by atoms with Crippen molar-refractivity contribution in [1.82, 2.24) is 20.8 Å². The molecular formula is C13H22ClN5O4. The van der Waals surface area contributed by atoms with Gasteiger partial charge in [-0.05, 0) is 32.9 Å². The van der Waals surface area contributed by atoms with Crippen LogP contribution in [0.3, 0.4) is 0 Å². The van der Waals surface area contributed by atoms with E-state index in [9.17, 15) is 14.9 Å². The molecule has 2 heterocycles. The third kappa shape index (κ3) is 4.40. The van der Waals surface area contributed by atoms with Crippen molar-refractivity contribution in [2.45, 2.75) is 19.8 Å². The number of ether oxygens (including phenoxy) is 1. The smallest absolute Gasteiger partial charge is 0.322 e. The van der Waals surface area contributed by atoms with E-state index in [4.69, 9.17) is 4.74 Å². The third-order valence-electron chi connectivity index (χ3n) is 4.05. The third-order valence-corrected chi connectivity index (χ3v) is 4.05. The minimum absolute atomic E-state index is 0. The van der Waals surface area contributed by atoms with E-state index in [1.807, 2.05) is 0 Å². The molecule has 0 bridgehead atoms. The summed E-state index contributed by atoms with van der Waals surface area (Å²) < 4.78 is 5.28. The van der Waals surface area contributed by atoms with Crippen LogP contribution in [0.15, 0.2) is 0 Å². The van der Waals surface area contributed by atoms with Gasteiger partial charge in [0.2, 0.25) is 5.69 Å². The second-order valence-corrected chi connectivity index (χ2v) is 5.67. The van der Waals surface area contributed by atoms with Crippen molar-refractivity contribution in [3.8, 4) is 0 Å². The van der Waals surface area contributed by atoms with Gasteiger partial charge in [-0.15, -0.1) is 12.4 Å². The molecule has 1 aliphatic rings. The molecule has 9 nitrogen and oxygen atoms in total. The van der Waals surface area contributed by atoms with Crippen LogP contribution in [0.5, 0.6) is 0 Å². The number of hydrogen-bond acceptors (Lipinski definition) is 6. The molecule has 0 spiro atoms. The summed E-state index contributed by atoms with van der Waals surface area (Å²) in [6, 6.07) is 0. The molecule has 2 rings (SSSR count). The lowest BCUT2D eigenvalue weighted by Gasteiger charge is -2.37. The van der Waals surface area contributed by atoms with Gasteiger partial charge < -0.3 is 15.4 Å². The molecule has 0 saturated carbocycles. The molecular weight excluding hydrogens is 326 g/mol. The van der Waals surface area contributed by atoms with Crippen LogP contribution in [0.2, 0.25) is 0 Å². The number of hydrogen-bond donors (Lipinski definition) is 3. The predicted octanol–water partition coefficient (Wildman–Crippen LogP) is 0.794. The Morgan fingerprint density at radius 3 is 2.70 bits per heavy atom. The summed E-state index contributed by atoms with van der Waals surface area (Å²) in [6.07, 6.45) is 1.76. The Balaban J connectivity index is 0.00000264. The summed E-state index contributed by atoms with van der Waals surface area (Å²) in [6.45, 7) is 4.18. The quantitative estimate of drug-likeness (QED) is 0.516. The SMILES string of the molecule is COCC1(CNC(=O)c2n[nH]c(C)c2[N+](=O)[O-])CCNCC1.Cl. The van der Waals surface area contributed by atoms with Crippen LogP contribution in [0.25, 0.3) is 0 Å². The second kappa shape index (κ2) is 8.23. The molecule has 1 aliphatic heterocycles. The summed E-state index contributed by atoms with van der Waals surface area (Å²) in [5.74, 6) is -0.537. The zero-order valence-corrected chi connectivity index (χ0v) is 14.0. The van der Waals surface area contributed by atoms with Crippen molar-refractivity contribution in [3.05, 3.63) is 21.5 Å². The van der Waals surface area contributed by atoms with E-state index in [1.54, 1.807) is 7.11 Å². The summed E-state index contributed by atoms with van der Waals surface area (Å²) >= 11 is 0. The molecule has 0 atom stereocenters. The van der Waals surface area contributed by atoms with E-state index < -0.39 is 10.8 Å². The van der Waals surface area contributed by atoms with Gasteiger partial charge in [-0.3, -0.25) is 20.0 Å². The van der Waals surface area contributed by atoms with E-state index in [0.717, 1.165) is 25.9 Å². The number of carbonyl (C=O) groups excluding carboxylic acids is 1. The highest BCUT2D eigenvalue weighted by atomic mass is 35.5. The highest BCUT2D eigenvalue weighted by Crippen LogP contribution is 2.28. The van der Waals surface area contributed by atoms with Crippen molar-refractivity contribution < 1.29 is 14.5 Å². The molecule has 3 N–H and O–H groups in total. The Kier molecular flexibility index (Phi) is 6.92. The molecule has 130 valence electrons. The van der Waals surface area contributed by atoms with Crippen LogP contribution < -0.4 is 10.6 Å². The highest BCUT2D eigenvalue weighted by Gasteiger charge is 2.34. The molecule has 1 amide bonds. The Hall–Kier alpha value is -1.71. The Morgan fingerprint density at radius 1 is 1.48 bits per heavy atom. The number of nitrogens with zero attached hydrogens (tertiary/aromatic N) is 2. The number of aromatic amines is 1. The molecule has 0 unspecified atom stereocenters. The Bertz CT molecular complexity index is 551. The standard InChI is InChI=1S/C13H21N5O4.ClH/c1-9-11(18(20)21)10(17-16-9)12(19)15-7-13(8-22-2)3-5-14-6-4-13;/h14H,3-8H2,1-2H3,(H,15,19)(H,16,17);1H. The Labute approximate surface area is 140 Å². The topological polar surface area (TPSA) is 122 Å². The lowest BCUT2D eigenvalue weighted by Crippen LogP contribution is -2.47. The maximum Gasteiger partial charge on any atom is 0.322 e. The lowest BCUT2D eigenvalue weighted by atomic mass is 9.79. The van der Waals surface area contributed by atoms with Crippen LogP contribution in [-0.4, -0.2) is 54.4 Å². The molecule has 0 aromatic carbocycles. The van der Waals surface area contributed by atoms with Crippen LogP contribution in [0.1, 0.15) is 29.0 Å². The average Bonchev–Trinajstić information content (AvgIpc) is 2.88. The maximum atomic E-state index is 12.2. The van der Waals surface area contributed by atoms with Gasteiger partial charge in [0.1, 0.15) is 5.69 Å². The first-order valence-electron chi connectivity index (χ1n) is 7.16. The summed E-state index contributed by atoms with van der Waals surface area (Å²) in [5, 5.41) is 23.3. The zero-order chi connectivity index (χ0) is 16.2. The fourth-order valence-corrected chi connectivity index (χ4v) is 2.79. The summed E-state index contributed by atoms with van der Waals surface area (Å²) in [5.41, 5.74) is -0.327. The van der Waals surface area contributed by atoms with Gasteiger partial charge in [0.25, 0.3) is 5.91 Å². The molecule has 1 saturated heterocycles. The maximum absolute atomic E-state index is 12.2. The van der Waals surface area contributed by atoms with Crippen LogP contribution in [-0.2, 0) is 4.74 Å².